The topological polar surface area (TPSA) is 55.3 Å². The van der Waals surface area contributed by atoms with Gasteiger partial charge in [-0.05, 0) is 25.0 Å². The van der Waals surface area contributed by atoms with E-state index in [1.54, 1.807) is 11.1 Å². The predicted octanol–water partition coefficient (Wildman–Crippen LogP) is 2.92. The largest absolute Gasteiger partial charge is 0.474 e. The van der Waals surface area contributed by atoms with Crippen molar-refractivity contribution in [3.63, 3.8) is 0 Å². The smallest absolute Gasteiger partial charge is 0.287 e. The summed E-state index contributed by atoms with van der Waals surface area (Å²) in [5.74, 6) is 0.445. The van der Waals surface area contributed by atoms with Crippen molar-refractivity contribution in [1.82, 2.24) is 9.97 Å². The maximum absolute atomic E-state index is 12.6. The van der Waals surface area contributed by atoms with Crippen molar-refractivity contribution in [3.8, 4) is 5.88 Å². The van der Waals surface area contributed by atoms with Gasteiger partial charge in [-0.15, -0.1) is 11.3 Å². The van der Waals surface area contributed by atoms with E-state index >= 15 is 0 Å². The van der Waals surface area contributed by atoms with Crippen molar-refractivity contribution in [2.75, 3.05) is 18.1 Å². The molecular weight excluding hydrogens is 286 g/mol. The molecule has 21 heavy (non-hydrogen) atoms. The van der Waals surface area contributed by atoms with Crippen molar-refractivity contribution >= 4 is 22.9 Å². The van der Waals surface area contributed by atoms with Crippen molar-refractivity contribution in [2.24, 2.45) is 0 Å². The zero-order valence-corrected chi connectivity index (χ0v) is 12.7. The number of pyridine rings is 1. The zero-order chi connectivity index (χ0) is 14.7. The summed E-state index contributed by atoms with van der Waals surface area (Å²) in [6, 6.07) is 3.66. The number of carbonyl (C=O) groups is 1. The summed E-state index contributed by atoms with van der Waals surface area (Å²) < 4.78 is 5.48. The lowest BCUT2D eigenvalue weighted by atomic mass is 10.2. The van der Waals surface area contributed by atoms with Gasteiger partial charge in [-0.3, -0.25) is 9.69 Å². The van der Waals surface area contributed by atoms with Crippen LogP contribution in [0, 0.1) is 0 Å². The fourth-order valence-corrected chi connectivity index (χ4v) is 3.06. The van der Waals surface area contributed by atoms with E-state index in [0.717, 1.165) is 30.6 Å². The summed E-state index contributed by atoms with van der Waals surface area (Å²) >= 11 is 1.41. The molecular formula is C15H17N3O2S. The van der Waals surface area contributed by atoms with E-state index in [4.69, 9.17) is 4.74 Å². The summed E-state index contributed by atoms with van der Waals surface area (Å²) in [6.45, 7) is 3.14. The normalized spacial score (nSPS) is 13.7. The van der Waals surface area contributed by atoms with Crippen molar-refractivity contribution < 1.29 is 9.53 Å². The number of aryl methyl sites for hydroxylation is 1. The number of hydrogen-bond donors (Lipinski definition) is 0. The van der Waals surface area contributed by atoms with Crippen LogP contribution < -0.4 is 9.64 Å². The summed E-state index contributed by atoms with van der Waals surface area (Å²) in [5, 5.41) is 2.52. The fourth-order valence-electron chi connectivity index (χ4n) is 2.26. The Morgan fingerprint density at radius 1 is 1.52 bits per heavy atom. The molecule has 0 aromatic carbocycles. The molecule has 1 aliphatic heterocycles. The van der Waals surface area contributed by atoms with Gasteiger partial charge in [0.15, 0.2) is 5.01 Å². The number of fused-ring (bicyclic) bond motifs is 1. The standard InChI is InChI=1S/C15H17N3O2S/c1-2-3-5-11-10-21-14(17-11)15(19)18-8-9-20-13-12(18)6-4-7-16-13/h4,6-7,10H,2-3,5,8-9H2,1H3. The highest BCUT2D eigenvalue weighted by molar-refractivity contribution is 7.11. The minimum absolute atomic E-state index is 0.0692. The number of carbonyl (C=O) groups excluding carboxylic acids is 1. The van der Waals surface area contributed by atoms with E-state index in [9.17, 15) is 4.79 Å². The number of rotatable bonds is 4. The molecule has 0 radical (unpaired) electrons. The Morgan fingerprint density at radius 2 is 2.43 bits per heavy atom. The van der Waals surface area contributed by atoms with Gasteiger partial charge in [0, 0.05) is 11.6 Å². The molecule has 5 nitrogen and oxygen atoms in total. The molecule has 1 amide bonds. The summed E-state index contributed by atoms with van der Waals surface area (Å²) in [6.07, 6.45) is 4.82. The molecule has 3 heterocycles. The van der Waals surface area contributed by atoms with E-state index in [2.05, 4.69) is 16.9 Å². The molecule has 110 valence electrons. The van der Waals surface area contributed by atoms with Crippen molar-refractivity contribution in [2.45, 2.75) is 26.2 Å². The lowest BCUT2D eigenvalue weighted by molar-refractivity contribution is 0.0975. The Morgan fingerprint density at radius 3 is 3.29 bits per heavy atom. The Balaban J connectivity index is 1.81. The molecule has 1 aliphatic rings. The lowest BCUT2D eigenvalue weighted by Crippen LogP contribution is -2.38. The zero-order valence-electron chi connectivity index (χ0n) is 11.9. The Labute approximate surface area is 127 Å². The summed E-state index contributed by atoms with van der Waals surface area (Å²) in [7, 11) is 0. The van der Waals surface area contributed by atoms with Crippen molar-refractivity contribution in [3.05, 3.63) is 34.4 Å². The number of hydrogen-bond acceptors (Lipinski definition) is 5. The van der Waals surface area contributed by atoms with E-state index in [1.807, 2.05) is 17.5 Å². The molecule has 0 N–H and O–H groups in total. The third kappa shape index (κ3) is 2.90. The SMILES string of the molecule is CCCCc1csc(C(=O)N2CCOc3ncccc32)n1. The van der Waals surface area contributed by atoms with Crippen molar-refractivity contribution in [1.29, 1.82) is 0 Å². The average Bonchev–Trinajstić information content (AvgIpc) is 3.00. The van der Waals surface area contributed by atoms with Crippen LogP contribution in [0.4, 0.5) is 5.69 Å². The van der Waals surface area contributed by atoms with Gasteiger partial charge in [0.05, 0.1) is 12.2 Å². The molecule has 3 rings (SSSR count). The van der Waals surface area contributed by atoms with Crippen LogP contribution in [-0.4, -0.2) is 29.0 Å². The molecule has 0 aliphatic carbocycles. The number of ether oxygens (including phenoxy) is 1. The first-order chi connectivity index (χ1) is 10.3. The molecule has 0 saturated carbocycles. The third-order valence-corrected chi connectivity index (χ3v) is 4.24. The first-order valence-corrected chi connectivity index (χ1v) is 8.01. The van der Waals surface area contributed by atoms with Crippen LogP contribution in [0.15, 0.2) is 23.7 Å². The molecule has 2 aromatic heterocycles. The van der Waals surface area contributed by atoms with E-state index in [1.165, 1.54) is 11.3 Å². The van der Waals surface area contributed by atoms with Crippen LogP contribution in [0.3, 0.4) is 0 Å². The summed E-state index contributed by atoms with van der Waals surface area (Å²) in [4.78, 5) is 23.0. The number of thiazole rings is 1. The van der Waals surface area contributed by atoms with E-state index in [-0.39, 0.29) is 5.91 Å². The molecule has 6 heteroatoms. The second kappa shape index (κ2) is 6.22. The van der Waals surface area contributed by atoms with Gasteiger partial charge < -0.3 is 4.74 Å². The lowest BCUT2D eigenvalue weighted by Gasteiger charge is -2.27. The number of unbranched alkanes of at least 4 members (excludes halogenated alkanes) is 1. The molecule has 0 spiro atoms. The van der Waals surface area contributed by atoms with E-state index < -0.39 is 0 Å². The van der Waals surface area contributed by atoms with Gasteiger partial charge in [-0.25, -0.2) is 9.97 Å². The number of anilines is 1. The third-order valence-electron chi connectivity index (χ3n) is 3.36. The highest BCUT2D eigenvalue weighted by atomic mass is 32.1. The molecule has 0 atom stereocenters. The predicted molar refractivity (Wildman–Crippen MR) is 82.1 cm³/mol. The van der Waals surface area contributed by atoms with Crippen LogP contribution in [0.25, 0.3) is 0 Å². The van der Waals surface area contributed by atoms with Gasteiger partial charge >= 0.3 is 0 Å². The van der Waals surface area contributed by atoms with Gasteiger partial charge in [0.1, 0.15) is 12.3 Å². The van der Waals surface area contributed by atoms with E-state index in [0.29, 0.717) is 24.0 Å². The van der Waals surface area contributed by atoms with Gasteiger partial charge in [-0.2, -0.15) is 0 Å². The number of nitrogens with zero attached hydrogens (tertiary/aromatic N) is 3. The maximum atomic E-state index is 12.6. The molecule has 0 saturated heterocycles. The molecule has 0 fully saturated rings. The molecule has 2 aromatic rings. The van der Waals surface area contributed by atoms with Gasteiger partial charge in [-0.1, -0.05) is 13.3 Å². The van der Waals surface area contributed by atoms with Crippen LogP contribution in [0.5, 0.6) is 5.88 Å². The monoisotopic (exact) mass is 303 g/mol. The minimum Gasteiger partial charge on any atom is -0.474 e. The highest BCUT2D eigenvalue weighted by Gasteiger charge is 2.27. The fraction of sp³-hybridized carbons (Fsp3) is 0.400. The maximum Gasteiger partial charge on any atom is 0.287 e. The Kier molecular flexibility index (Phi) is 4.15. The molecule has 0 bridgehead atoms. The van der Waals surface area contributed by atoms with Gasteiger partial charge in [0.2, 0.25) is 5.88 Å². The first kappa shape index (κ1) is 14.0. The highest BCUT2D eigenvalue weighted by Crippen LogP contribution is 2.30. The Bertz CT molecular complexity index is 641. The second-order valence-corrected chi connectivity index (χ2v) is 5.74. The molecule has 0 unspecified atom stereocenters. The minimum atomic E-state index is -0.0692. The number of amides is 1. The van der Waals surface area contributed by atoms with Crippen LogP contribution in [-0.2, 0) is 6.42 Å². The first-order valence-electron chi connectivity index (χ1n) is 7.13. The van der Waals surface area contributed by atoms with Gasteiger partial charge in [0.25, 0.3) is 5.91 Å². The van der Waals surface area contributed by atoms with Crippen LogP contribution in [0.1, 0.15) is 35.3 Å². The quantitative estimate of drug-likeness (QED) is 0.871. The van der Waals surface area contributed by atoms with Crippen LogP contribution >= 0.6 is 11.3 Å². The second-order valence-electron chi connectivity index (χ2n) is 4.88. The Hall–Kier alpha value is -1.95. The average molecular weight is 303 g/mol. The summed E-state index contributed by atoms with van der Waals surface area (Å²) in [5.41, 5.74) is 1.73. The number of aromatic nitrogens is 2. The van der Waals surface area contributed by atoms with Crippen LogP contribution in [0.2, 0.25) is 0 Å².